The van der Waals surface area contributed by atoms with Crippen molar-refractivity contribution >= 4 is 11.0 Å². The van der Waals surface area contributed by atoms with Crippen molar-refractivity contribution in [2.24, 2.45) is 0 Å². The van der Waals surface area contributed by atoms with E-state index in [1.165, 1.54) is 0 Å². The van der Waals surface area contributed by atoms with E-state index in [0.717, 1.165) is 22.3 Å². The first-order chi connectivity index (χ1) is 8.72. The summed E-state index contributed by atoms with van der Waals surface area (Å²) < 4.78 is 5.75. The van der Waals surface area contributed by atoms with Crippen molar-refractivity contribution in [2.45, 2.75) is 52.3 Å². The van der Waals surface area contributed by atoms with Crippen LogP contribution in [0.1, 0.15) is 39.0 Å². The summed E-state index contributed by atoms with van der Waals surface area (Å²) in [5, 5.41) is 14.7. The van der Waals surface area contributed by atoms with Crippen LogP contribution in [-0.2, 0) is 6.54 Å². The first kappa shape index (κ1) is 14.1. The molecule has 0 amide bonds. The Labute approximate surface area is 114 Å². The summed E-state index contributed by atoms with van der Waals surface area (Å²) in [6.45, 7) is 10.3. The number of rotatable bonds is 4. The molecule has 1 aromatic carbocycles. The molecule has 0 spiro atoms. The zero-order valence-corrected chi connectivity index (χ0v) is 12.4. The minimum atomic E-state index is -0.791. The summed E-state index contributed by atoms with van der Waals surface area (Å²) in [5.41, 5.74) is 0.906. The third kappa shape index (κ3) is 2.67. The zero-order valence-electron chi connectivity index (χ0n) is 12.4. The van der Waals surface area contributed by atoms with E-state index in [4.69, 9.17) is 4.42 Å². The van der Waals surface area contributed by atoms with Gasteiger partial charge in [0.25, 0.3) is 0 Å². The van der Waals surface area contributed by atoms with Crippen molar-refractivity contribution in [3.8, 4) is 0 Å². The summed E-state index contributed by atoms with van der Waals surface area (Å²) in [5.74, 6) is 0.931. The summed E-state index contributed by atoms with van der Waals surface area (Å²) in [6.07, 6.45) is 0. The number of aryl methyl sites for hydroxylation is 1. The molecule has 1 aromatic heterocycles. The van der Waals surface area contributed by atoms with Gasteiger partial charge in [-0.2, -0.15) is 0 Å². The number of benzene rings is 1. The van der Waals surface area contributed by atoms with Crippen LogP contribution in [0.25, 0.3) is 11.0 Å². The molecule has 19 heavy (non-hydrogen) atoms. The quantitative estimate of drug-likeness (QED) is 0.887. The van der Waals surface area contributed by atoms with Crippen molar-refractivity contribution in [3.63, 3.8) is 0 Å². The molecule has 104 valence electrons. The lowest BCUT2D eigenvalue weighted by Gasteiger charge is -2.38. The summed E-state index contributed by atoms with van der Waals surface area (Å²) in [6, 6.07) is 8.04. The fourth-order valence-electron chi connectivity index (χ4n) is 1.97. The minimum absolute atomic E-state index is 0.377. The minimum Gasteiger partial charge on any atom is -0.461 e. The largest absolute Gasteiger partial charge is 0.461 e. The number of fused-ring (bicyclic) bond motifs is 1. The van der Waals surface area contributed by atoms with E-state index in [1.807, 2.05) is 52.8 Å². The molecule has 0 atom stereocenters. The molecule has 0 bridgehead atoms. The van der Waals surface area contributed by atoms with Gasteiger partial charge < -0.3 is 14.8 Å². The predicted octanol–water partition coefficient (Wildman–Crippen LogP) is 3.38. The van der Waals surface area contributed by atoms with Gasteiger partial charge in [0, 0.05) is 23.0 Å². The van der Waals surface area contributed by atoms with Crippen molar-refractivity contribution in [2.75, 3.05) is 0 Å². The number of aliphatic hydroxyl groups is 1. The van der Waals surface area contributed by atoms with Gasteiger partial charge in [-0.15, -0.1) is 0 Å². The Bertz CT molecular complexity index is 576. The molecule has 0 fully saturated rings. The van der Waals surface area contributed by atoms with Crippen LogP contribution in [-0.4, -0.2) is 16.2 Å². The van der Waals surface area contributed by atoms with Crippen LogP contribution in [0.5, 0.6) is 0 Å². The smallest absolute Gasteiger partial charge is 0.134 e. The van der Waals surface area contributed by atoms with Crippen molar-refractivity contribution < 1.29 is 9.52 Å². The highest BCUT2D eigenvalue weighted by Crippen LogP contribution is 2.27. The lowest BCUT2D eigenvalue weighted by Crippen LogP contribution is -2.55. The van der Waals surface area contributed by atoms with Gasteiger partial charge in [-0.3, -0.25) is 0 Å². The Morgan fingerprint density at radius 2 is 1.79 bits per heavy atom. The fourth-order valence-corrected chi connectivity index (χ4v) is 1.97. The van der Waals surface area contributed by atoms with E-state index in [-0.39, 0.29) is 5.54 Å². The van der Waals surface area contributed by atoms with Gasteiger partial charge >= 0.3 is 0 Å². The van der Waals surface area contributed by atoms with E-state index >= 15 is 0 Å². The van der Waals surface area contributed by atoms with Crippen molar-refractivity contribution in [3.05, 3.63) is 35.6 Å². The molecule has 0 aliphatic rings. The molecule has 2 rings (SSSR count). The highest BCUT2D eigenvalue weighted by Gasteiger charge is 2.34. The monoisotopic (exact) mass is 261 g/mol. The first-order valence-electron chi connectivity index (χ1n) is 6.67. The van der Waals surface area contributed by atoms with E-state index in [2.05, 4.69) is 11.4 Å². The molecular weight excluding hydrogens is 238 g/mol. The van der Waals surface area contributed by atoms with Gasteiger partial charge in [-0.25, -0.2) is 0 Å². The zero-order chi connectivity index (χ0) is 14.3. The second-order valence-electron chi connectivity index (χ2n) is 6.17. The second kappa shape index (κ2) is 4.66. The molecule has 2 aromatic rings. The molecule has 0 saturated carbocycles. The lowest BCUT2D eigenvalue weighted by molar-refractivity contribution is -0.00532. The van der Waals surface area contributed by atoms with Crippen molar-refractivity contribution in [1.29, 1.82) is 0 Å². The van der Waals surface area contributed by atoms with Gasteiger partial charge in [0.1, 0.15) is 11.3 Å². The Morgan fingerprint density at radius 1 is 1.16 bits per heavy atom. The predicted molar refractivity (Wildman–Crippen MR) is 78.2 cm³/mol. The topological polar surface area (TPSA) is 45.4 Å². The van der Waals surface area contributed by atoms with E-state index < -0.39 is 5.60 Å². The Kier molecular flexibility index (Phi) is 3.45. The van der Waals surface area contributed by atoms with Crippen LogP contribution in [0.4, 0.5) is 0 Å². The molecule has 0 aliphatic carbocycles. The molecule has 0 radical (unpaired) electrons. The summed E-state index contributed by atoms with van der Waals surface area (Å²) in [4.78, 5) is 0. The molecular formula is C16H23NO2. The average molecular weight is 261 g/mol. The maximum absolute atomic E-state index is 10.2. The third-order valence-electron chi connectivity index (χ3n) is 4.14. The van der Waals surface area contributed by atoms with Gasteiger partial charge in [0.2, 0.25) is 0 Å². The third-order valence-corrected chi connectivity index (χ3v) is 4.14. The highest BCUT2D eigenvalue weighted by molar-refractivity contribution is 5.82. The molecule has 3 nitrogen and oxygen atoms in total. The van der Waals surface area contributed by atoms with Gasteiger partial charge in [-0.05, 0) is 40.7 Å². The maximum Gasteiger partial charge on any atom is 0.134 e. The fraction of sp³-hybridized carbons (Fsp3) is 0.500. The summed E-state index contributed by atoms with van der Waals surface area (Å²) >= 11 is 0. The second-order valence-corrected chi connectivity index (χ2v) is 6.17. The normalized spacial score (nSPS) is 13.2. The first-order valence-corrected chi connectivity index (χ1v) is 6.67. The van der Waals surface area contributed by atoms with Crippen LogP contribution in [0.15, 0.2) is 28.7 Å². The molecule has 3 heteroatoms. The van der Waals surface area contributed by atoms with Gasteiger partial charge in [-0.1, -0.05) is 18.2 Å². The van der Waals surface area contributed by atoms with Gasteiger partial charge in [0.05, 0.1) is 5.60 Å². The SMILES string of the molecule is Cc1oc2ccccc2c1CNC(C)(C)C(C)(C)O. The molecule has 2 N–H and O–H groups in total. The number of hydrogen-bond acceptors (Lipinski definition) is 3. The highest BCUT2D eigenvalue weighted by atomic mass is 16.3. The van der Waals surface area contributed by atoms with Gasteiger partial charge in [0.15, 0.2) is 0 Å². The Hall–Kier alpha value is -1.32. The number of furan rings is 1. The van der Waals surface area contributed by atoms with Crippen LogP contribution in [0.2, 0.25) is 0 Å². The standard InChI is InChI=1S/C16H23NO2/c1-11-13(10-17-15(2,3)16(4,5)18)12-8-6-7-9-14(12)19-11/h6-9,17-18H,10H2,1-5H3. The van der Waals surface area contributed by atoms with Crippen molar-refractivity contribution in [1.82, 2.24) is 5.32 Å². The van der Waals surface area contributed by atoms with E-state index in [1.54, 1.807) is 0 Å². The maximum atomic E-state index is 10.2. The van der Waals surface area contributed by atoms with E-state index in [9.17, 15) is 5.11 Å². The number of nitrogens with one attached hydrogen (secondary N) is 1. The number of hydrogen-bond donors (Lipinski definition) is 2. The van der Waals surface area contributed by atoms with E-state index in [0.29, 0.717) is 6.54 Å². The Balaban J connectivity index is 2.25. The molecule has 1 heterocycles. The van der Waals surface area contributed by atoms with Crippen LogP contribution in [0, 0.1) is 6.92 Å². The Morgan fingerprint density at radius 3 is 2.42 bits per heavy atom. The van der Waals surface area contributed by atoms with Crippen LogP contribution in [0.3, 0.4) is 0 Å². The lowest BCUT2D eigenvalue weighted by atomic mass is 9.86. The molecule has 0 unspecified atom stereocenters. The molecule has 0 saturated heterocycles. The van der Waals surface area contributed by atoms with Crippen LogP contribution >= 0.6 is 0 Å². The average Bonchev–Trinajstić information content (AvgIpc) is 2.60. The van der Waals surface area contributed by atoms with Crippen LogP contribution < -0.4 is 5.32 Å². The molecule has 0 aliphatic heterocycles. The summed E-state index contributed by atoms with van der Waals surface area (Å²) in [7, 11) is 0. The number of para-hydroxylation sites is 1.